The third-order valence-electron chi connectivity index (χ3n) is 4.81. The Morgan fingerprint density at radius 2 is 1.82 bits per heavy atom. The minimum Gasteiger partial charge on any atom is -0.423 e. The smallest absolute Gasteiger partial charge is 0.344 e. The number of hydrogen-bond acceptors (Lipinski definition) is 4. The fourth-order valence-corrected chi connectivity index (χ4v) is 3.57. The molecule has 0 aromatic heterocycles. The van der Waals surface area contributed by atoms with E-state index in [9.17, 15) is 9.59 Å². The summed E-state index contributed by atoms with van der Waals surface area (Å²) in [4.78, 5) is 26.4. The van der Waals surface area contributed by atoms with Gasteiger partial charge in [0.05, 0.1) is 5.57 Å². The van der Waals surface area contributed by atoms with Gasteiger partial charge < -0.3 is 15.0 Å². The third kappa shape index (κ3) is 3.22. The van der Waals surface area contributed by atoms with Gasteiger partial charge in [-0.15, -0.1) is 0 Å². The zero-order valence-corrected chi connectivity index (χ0v) is 15.7. The van der Waals surface area contributed by atoms with Gasteiger partial charge in [-0.25, -0.2) is 4.79 Å². The summed E-state index contributed by atoms with van der Waals surface area (Å²) in [5.41, 5.74) is 5.06. The van der Waals surface area contributed by atoms with E-state index >= 15 is 0 Å². The highest BCUT2D eigenvalue weighted by molar-refractivity contribution is 6.22. The molecule has 0 radical (unpaired) electrons. The molecule has 1 aliphatic heterocycles. The first kappa shape index (κ1) is 17.8. The van der Waals surface area contributed by atoms with E-state index in [0.29, 0.717) is 23.4 Å². The third-order valence-corrected chi connectivity index (χ3v) is 4.81. The van der Waals surface area contributed by atoms with Crippen molar-refractivity contribution in [3.63, 3.8) is 0 Å². The van der Waals surface area contributed by atoms with Gasteiger partial charge in [-0.3, -0.25) is 4.79 Å². The number of anilines is 2. The largest absolute Gasteiger partial charge is 0.423 e. The quantitative estimate of drug-likeness (QED) is 0.645. The summed E-state index contributed by atoms with van der Waals surface area (Å²) in [5.74, 6) is -0.103. The number of ether oxygens (including phenoxy) is 1. The Kier molecular flexibility index (Phi) is 4.57. The Hall–Kier alpha value is -3.60. The molecule has 0 saturated carbocycles. The Bertz CT molecular complexity index is 1050. The molecule has 140 valence electrons. The number of hydrogen-bond donors (Lipinski definition) is 1. The molecule has 4 rings (SSSR count). The summed E-state index contributed by atoms with van der Waals surface area (Å²) in [6, 6.07) is 14.6. The summed E-state index contributed by atoms with van der Waals surface area (Å²) in [6.45, 7) is 1.45. The summed E-state index contributed by atoms with van der Waals surface area (Å²) < 4.78 is 5.68. The van der Waals surface area contributed by atoms with Crippen LogP contribution in [-0.4, -0.2) is 18.9 Å². The average molecular weight is 372 g/mol. The Morgan fingerprint density at radius 1 is 1.07 bits per heavy atom. The van der Waals surface area contributed by atoms with Gasteiger partial charge in [0, 0.05) is 36.6 Å². The maximum absolute atomic E-state index is 13.1. The molecule has 0 atom stereocenters. The number of amides is 1. The molecule has 0 spiro atoms. The average Bonchev–Trinajstić information content (AvgIpc) is 2.69. The van der Waals surface area contributed by atoms with Crippen molar-refractivity contribution in [2.75, 3.05) is 17.3 Å². The molecule has 0 unspecified atom stereocenters. The van der Waals surface area contributed by atoms with E-state index in [-0.39, 0.29) is 11.9 Å². The zero-order chi connectivity index (χ0) is 19.7. The number of rotatable bonds is 3. The predicted octanol–water partition coefficient (Wildman–Crippen LogP) is 4.30. The second-order valence-electron chi connectivity index (χ2n) is 6.71. The van der Waals surface area contributed by atoms with Crippen LogP contribution in [-0.2, 0) is 9.59 Å². The molecule has 0 saturated heterocycles. The van der Waals surface area contributed by atoms with E-state index in [1.165, 1.54) is 6.92 Å². The number of nitrogens with one attached hydrogen (secondary N) is 1. The van der Waals surface area contributed by atoms with Crippen molar-refractivity contribution >= 4 is 28.8 Å². The normalized spacial score (nSPS) is 14.8. The van der Waals surface area contributed by atoms with Crippen LogP contribution >= 0.6 is 0 Å². The SMILES string of the molecule is CC(=O)Nc1ccc(OC(=O)C2=C3CC=CC=C3N(C)c3ccccc32)cc1. The van der Waals surface area contributed by atoms with Gasteiger partial charge in [-0.2, -0.15) is 0 Å². The number of nitrogens with zero attached hydrogens (tertiary/aromatic N) is 1. The molecule has 5 nitrogen and oxygen atoms in total. The van der Waals surface area contributed by atoms with Crippen molar-refractivity contribution in [3.8, 4) is 5.75 Å². The second-order valence-corrected chi connectivity index (χ2v) is 6.71. The minimum absolute atomic E-state index is 0.149. The second kappa shape index (κ2) is 7.19. The molecular weight excluding hydrogens is 352 g/mol. The fourth-order valence-electron chi connectivity index (χ4n) is 3.57. The number of benzene rings is 2. The van der Waals surface area contributed by atoms with Crippen molar-refractivity contribution < 1.29 is 14.3 Å². The number of esters is 1. The molecule has 2 aromatic carbocycles. The Balaban J connectivity index is 1.68. The van der Waals surface area contributed by atoms with E-state index in [4.69, 9.17) is 4.74 Å². The summed E-state index contributed by atoms with van der Waals surface area (Å²) in [5, 5.41) is 2.69. The van der Waals surface area contributed by atoms with Gasteiger partial charge in [0.15, 0.2) is 0 Å². The zero-order valence-electron chi connectivity index (χ0n) is 15.7. The van der Waals surface area contributed by atoms with E-state index in [0.717, 1.165) is 22.5 Å². The maximum Gasteiger partial charge on any atom is 0.344 e. The first-order valence-corrected chi connectivity index (χ1v) is 9.08. The number of likely N-dealkylation sites (N-methyl/N-ethyl adjacent to an activating group) is 1. The van der Waals surface area contributed by atoms with Crippen LogP contribution in [0.5, 0.6) is 5.75 Å². The first-order chi connectivity index (χ1) is 13.5. The van der Waals surface area contributed by atoms with Gasteiger partial charge in [0.25, 0.3) is 0 Å². The lowest BCUT2D eigenvalue weighted by atomic mass is 9.87. The van der Waals surface area contributed by atoms with Crippen molar-refractivity contribution in [1.29, 1.82) is 0 Å². The summed E-state index contributed by atoms with van der Waals surface area (Å²) in [7, 11) is 2.01. The number of carbonyl (C=O) groups excluding carboxylic acids is 2. The first-order valence-electron chi connectivity index (χ1n) is 9.08. The van der Waals surface area contributed by atoms with Crippen molar-refractivity contribution in [1.82, 2.24) is 0 Å². The molecule has 1 aliphatic carbocycles. The van der Waals surface area contributed by atoms with Gasteiger partial charge in [0.2, 0.25) is 5.91 Å². The van der Waals surface area contributed by atoms with Gasteiger partial charge in [0.1, 0.15) is 5.75 Å². The standard InChI is InChI=1S/C23H20N2O3/c1-15(26)24-16-11-13-17(14-12-16)28-23(27)22-18-7-3-5-9-20(18)25(2)21-10-6-4-8-19(21)22/h3-7,9-14H,8H2,1-2H3,(H,24,26). The van der Waals surface area contributed by atoms with E-state index < -0.39 is 0 Å². The number of carbonyl (C=O) groups is 2. The lowest BCUT2D eigenvalue weighted by molar-refractivity contribution is -0.128. The molecule has 0 fully saturated rings. The highest BCUT2D eigenvalue weighted by Crippen LogP contribution is 2.42. The van der Waals surface area contributed by atoms with E-state index in [1.54, 1.807) is 24.3 Å². The lowest BCUT2D eigenvalue weighted by Crippen LogP contribution is -2.27. The van der Waals surface area contributed by atoms with Crippen LogP contribution in [0.1, 0.15) is 18.9 Å². The van der Waals surface area contributed by atoms with Crippen molar-refractivity contribution in [2.45, 2.75) is 13.3 Å². The van der Waals surface area contributed by atoms with E-state index in [2.05, 4.69) is 10.2 Å². The molecule has 1 N–H and O–H groups in total. The number of allylic oxidation sites excluding steroid dienone is 4. The van der Waals surface area contributed by atoms with Crippen LogP contribution in [0.3, 0.4) is 0 Å². The van der Waals surface area contributed by atoms with Crippen LogP contribution in [0.15, 0.2) is 78.0 Å². The van der Waals surface area contributed by atoms with Gasteiger partial charge >= 0.3 is 5.97 Å². The molecular formula is C23H20N2O3. The number of para-hydroxylation sites is 1. The molecule has 1 amide bonds. The van der Waals surface area contributed by atoms with Gasteiger partial charge in [-0.05, 0) is 48.4 Å². The molecule has 2 aliphatic rings. The Morgan fingerprint density at radius 3 is 2.57 bits per heavy atom. The van der Waals surface area contributed by atoms with Crippen LogP contribution in [0.4, 0.5) is 11.4 Å². The Labute approximate surface area is 163 Å². The lowest BCUT2D eigenvalue weighted by Gasteiger charge is -2.34. The topological polar surface area (TPSA) is 58.6 Å². The van der Waals surface area contributed by atoms with Crippen molar-refractivity contribution in [3.05, 3.63) is 83.6 Å². The van der Waals surface area contributed by atoms with Crippen LogP contribution in [0, 0.1) is 0 Å². The highest BCUT2D eigenvalue weighted by atomic mass is 16.5. The van der Waals surface area contributed by atoms with Crippen LogP contribution in [0.25, 0.3) is 5.57 Å². The summed E-state index contributed by atoms with van der Waals surface area (Å²) >= 11 is 0. The molecule has 1 heterocycles. The summed E-state index contributed by atoms with van der Waals surface area (Å²) in [6.07, 6.45) is 6.74. The highest BCUT2D eigenvalue weighted by Gasteiger charge is 2.31. The fraction of sp³-hybridized carbons (Fsp3) is 0.130. The molecule has 2 aromatic rings. The predicted molar refractivity (Wildman–Crippen MR) is 110 cm³/mol. The molecule has 0 bridgehead atoms. The van der Waals surface area contributed by atoms with Crippen molar-refractivity contribution in [2.24, 2.45) is 0 Å². The minimum atomic E-state index is -0.385. The monoisotopic (exact) mass is 372 g/mol. The van der Waals surface area contributed by atoms with E-state index in [1.807, 2.05) is 49.5 Å². The molecule has 28 heavy (non-hydrogen) atoms. The van der Waals surface area contributed by atoms with Crippen LogP contribution < -0.4 is 15.0 Å². The van der Waals surface area contributed by atoms with Gasteiger partial charge in [-0.1, -0.05) is 30.4 Å². The number of fused-ring (bicyclic) bond motifs is 2. The maximum atomic E-state index is 13.1. The van der Waals surface area contributed by atoms with Crippen LogP contribution in [0.2, 0.25) is 0 Å². The molecule has 5 heteroatoms.